The predicted octanol–water partition coefficient (Wildman–Crippen LogP) is 5.96. The number of halogens is 1. The SMILES string of the molecule is COc1ccc(C(=O)N2N=C(c3ccc(F)cc3)SC2c2cccc(OCc3ccc(C(=O)O)o3)c2OC)cc1. The molecule has 11 heteroatoms. The van der Waals surface area contributed by atoms with Crippen molar-refractivity contribution >= 4 is 28.7 Å². The smallest absolute Gasteiger partial charge is 0.371 e. The first-order valence-electron chi connectivity index (χ1n) is 12.0. The van der Waals surface area contributed by atoms with Crippen molar-refractivity contribution in [1.29, 1.82) is 0 Å². The van der Waals surface area contributed by atoms with Gasteiger partial charge in [-0.2, -0.15) is 5.10 Å². The van der Waals surface area contributed by atoms with Gasteiger partial charge in [-0.15, -0.1) is 0 Å². The first-order valence-corrected chi connectivity index (χ1v) is 12.9. The Balaban J connectivity index is 1.48. The van der Waals surface area contributed by atoms with Crippen LogP contribution in [0.1, 0.15) is 43.2 Å². The van der Waals surface area contributed by atoms with Gasteiger partial charge in [0, 0.05) is 16.7 Å². The largest absolute Gasteiger partial charge is 0.497 e. The highest BCUT2D eigenvalue weighted by Crippen LogP contribution is 2.47. The van der Waals surface area contributed by atoms with Crippen LogP contribution in [0.15, 0.2) is 88.4 Å². The molecule has 0 saturated heterocycles. The van der Waals surface area contributed by atoms with E-state index in [9.17, 15) is 14.0 Å². The predicted molar refractivity (Wildman–Crippen MR) is 145 cm³/mol. The molecule has 1 aliphatic rings. The third-order valence-corrected chi connectivity index (χ3v) is 7.22. The van der Waals surface area contributed by atoms with Gasteiger partial charge in [0.15, 0.2) is 11.5 Å². The third kappa shape index (κ3) is 5.50. The molecule has 40 heavy (non-hydrogen) atoms. The molecule has 4 aromatic rings. The summed E-state index contributed by atoms with van der Waals surface area (Å²) >= 11 is 1.31. The molecule has 2 heterocycles. The molecule has 5 rings (SSSR count). The Labute approximate surface area is 232 Å². The first kappa shape index (κ1) is 26.8. The number of carbonyl (C=O) groups is 2. The fourth-order valence-electron chi connectivity index (χ4n) is 4.04. The van der Waals surface area contributed by atoms with E-state index in [0.717, 1.165) is 0 Å². The number of hydrogen-bond acceptors (Lipinski definition) is 8. The number of ether oxygens (including phenoxy) is 3. The van der Waals surface area contributed by atoms with Crippen molar-refractivity contribution < 1.29 is 37.7 Å². The van der Waals surface area contributed by atoms with Gasteiger partial charge >= 0.3 is 5.97 Å². The highest BCUT2D eigenvalue weighted by atomic mass is 32.2. The molecule has 3 aromatic carbocycles. The van der Waals surface area contributed by atoms with Gasteiger partial charge in [0.1, 0.15) is 34.4 Å². The summed E-state index contributed by atoms with van der Waals surface area (Å²) in [7, 11) is 3.03. The molecule has 0 saturated carbocycles. The Morgan fingerprint density at radius 3 is 2.40 bits per heavy atom. The summed E-state index contributed by atoms with van der Waals surface area (Å²) in [6, 6.07) is 20.7. The number of hydrazone groups is 1. The highest BCUT2D eigenvalue weighted by Gasteiger charge is 2.37. The molecule has 204 valence electrons. The van der Waals surface area contributed by atoms with Gasteiger partial charge in [0.25, 0.3) is 5.91 Å². The zero-order valence-electron chi connectivity index (χ0n) is 21.4. The van der Waals surface area contributed by atoms with E-state index in [0.29, 0.717) is 44.7 Å². The number of amides is 1. The van der Waals surface area contributed by atoms with Gasteiger partial charge in [-0.05, 0) is 66.7 Å². The Hall–Kier alpha value is -4.77. The summed E-state index contributed by atoms with van der Waals surface area (Å²) in [4.78, 5) is 24.8. The molecule has 0 fully saturated rings. The molecular weight excluding hydrogens is 539 g/mol. The number of carbonyl (C=O) groups excluding carboxylic acids is 1. The fraction of sp³-hybridized carbons (Fsp3) is 0.138. The molecule has 1 unspecified atom stereocenters. The lowest BCUT2D eigenvalue weighted by molar-refractivity contribution is 0.0657. The van der Waals surface area contributed by atoms with Gasteiger partial charge in [-0.1, -0.05) is 23.9 Å². The number of methoxy groups -OCH3 is 2. The maximum absolute atomic E-state index is 13.7. The number of hydrogen-bond donors (Lipinski definition) is 1. The maximum atomic E-state index is 13.7. The second kappa shape index (κ2) is 11.5. The Morgan fingerprint density at radius 2 is 1.75 bits per heavy atom. The summed E-state index contributed by atoms with van der Waals surface area (Å²) in [5.41, 5.74) is 1.66. The standard InChI is InChI=1S/C29H23FN2O7S/c1-36-20-12-8-18(9-13-20)27(33)32-28(40-26(31-32)17-6-10-19(30)11-7-17)22-4-3-5-23(25(22)37-2)38-16-21-14-15-24(39-21)29(34)35/h3-15,28H,16H2,1-2H3,(H,34,35). The summed E-state index contributed by atoms with van der Waals surface area (Å²) in [5.74, 6) is -0.455. The van der Waals surface area contributed by atoms with Crippen LogP contribution < -0.4 is 14.2 Å². The average Bonchev–Trinajstić information content (AvgIpc) is 3.64. The average molecular weight is 563 g/mol. The molecule has 1 amide bonds. The number of rotatable bonds is 9. The van der Waals surface area contributed by atoms with Crippen molar-refractivity contribution in [2.24, 2.45) is 5.10 Å². The molecule has 0 radical (unpaired) electrons. The number of carboxylic acids is 1. The Bertz CT molecular complexity index is 1570. The monoisotopic (exact) mass is 562 g/mol. The van der Waals surface area contributed by atoms with Crippen molar-refractivity contribution in [1.82, 2.24) is 5.01 Å². The molecule has 1 N–H and O–H groups in total. The summed E-state index contributed by atoms with van der Waals surface area (Å²) < 4.78 is 35.7. The molecule has 0 bridgehead atoms. The van der Waals surface area contributed by atoms with E-state index in [4.69, 9.17) is 23.7 Å². The van der Waals surface area contributed by atoms with Crippen molar-refractivity contribution in [3.8, 4) is 17.2 Å². The normalized spacial score (nSPS) is 14.5. The fourth-order valence-corrected chi connectivity index (χ4v) is 5.21. The van der Waals surface area contributed by atoms with Crippen LogP contribution in [0.25, 0.3) is 0 Å². The van der Waals surface area contributed by atoms with Crippen LogP contribution in [0.4, 0.5) is 4.39 Å². The van der Waals surface area contributed by atoms with Gasteiger partial charge in [-0.3, -0.25) is 4.79 Å². The van der Waals surface area contributed by atoms with E-state index in [2.05, 4.69) is 5.10 Å². The molecular formula is C29H23FN2O7S. The Morgan fingerprint density at radius 1 is 1.00 bits per heavy atom. The number of furan rings is 1. The zero-order chi connectivity index (χ0) is 28.2. The van der Waals surface area contributed by atoms with Gasteiger partial charge in [0.05, 0.1) is 14.2 Å². The Kier molecular flexibility index (Phi) is 7.74. The molecule has 1 atom stereocenters. The second-order valence-corrected chi connectivity index (χ2v) is 9.57. The van der Waals surface area contributed by atoms with Crippen LogP contribution in [-0.2, 0) is 6.61 Å². The van der Waals surface area contributed by atoms with Crippen molar-refractivity contribution in [3.05, 3.63) is 113 Å². The topological polar surface area (TPSA) is 111 Å². The van der Waals surface area contributed by atoms with Crippen molar-refractivity contribution in [3.63, 3.8) is 0 Å². The van der Waals surface area contributed by atoms with E-state index in [-0.39, 0.29) is 24.1 Å². The first-order chi connectivity index (χ1) is 19.4. The van der Waals surface area contributed by atoms with E-state index in [1.165, 1.54) is 48.1 Å². The van der Waals surface area contributed by atoms with Crippen LogP contribution in [0.3, 0.4) is 0 Å². The molecule has 0 aliphatic carbocycles. The maximum Gasteiger partial charge on any atom is 0.371 e. The van der Waals surface area contributed by atoms with Crippen LogP contribution >= 0.6 is 11.8 Å². The number of benzene rings is 3. The summed E-state index contributed by atoms with van der Waals surface area (Å²) in [6.07, 6.45) is 0. The molecule has 1 aromatic heterocycles. The van der Waals surface area contributed by atoms with E-state index < -0.39 is 11.3 Å². The lowest BCUT2D eigenvalue weighted by Gasteiger charge is -2.24. The quantitative estimate of drug-likeness (QED) is 0.266. The minimum atomic E-state index is -1.18. The lowest BCUT2D eigenvalue weighted by atomic mass is 10.1. The summed E-state index contributed by atoms with van der Waals surface area (Å²) in [6.45, 7) is -0.0449. The van der Waals surface area contributed by atoms with Gasteiger partial charge < -0.3 is 23.7 Å². The van der Waals surface area contributed by atoms with Crippen molar-refractivity contribution in [2.75, 3.05) is 14.2 Å². The van der Waals surface area contributed by atoms with Crippen LogP contribution in [0.5, 0.6) is 17.2 Å². The zero-order valence-corrected chi connectivity index (χ0v) is 22.2. The summed E-state index contributed by atoms with van der Waals surface area (Å²) in [5, 5.41) is 15.0. The van der Waals surface area contributed by atoms with Crippen LogP contribution in [0.2, 0.25) is 0 Å². The second-order valence-electron chi connectivity index (χ2n) is 8.50. The van der Waals surface area contributed by atoms with E-state index in [1.807, 2.05) is 0 Å². The van der Waals surface area contributed by atoms with E-state index in [1.54, 1.807) is 61.7 Å². The van der Waals surface area contributed by atoms with Crippen LogP contribution in [0, 0.1) is 5.82 Å². The highest BCUT2D eigenvalue weighted by molar-refractivity contribution is 8.14. The number of thioether (sulfide) groups is 1. The minimum Gasteiger partial charge on any atom is -0.497 e. The van der Waals surface area contributed by atoms with E-state index >= 15 is 0 Å². The molecule has 0 spiro atoms. The van der Waals surface area contributed by atoms with Gasteiger partial charge in [-0.25, -0.2) is 14.2 Å². The number of para-hydroxylation sites is 1. The number of aromatic carboxylic acids is 1. The molecule has 9 nitrogen and oxygen atoms in total. The number of nitrogens with zero attached hydrogens (tertiary/aromatic N) is 2. The van der Waals surface area contributed by atoms with Crippen LogP contribution in [-0.4, -0.2) is 41.3 Å². The van der Waals surface area contributed by atoms with Gasteiger partial charge in [0.2, 0.25) is 5.76 Å². The molecule has 1 aliphatic heterocycles. The van der Waals surface area contributed by atoms with Crippen molar-refractivity contribution in [2.45, 2.75) is 12.0 Å². The third-order valence-electron chi connectivity index (χ3n) is 6.00. The lowest BCUT2D eigenvalue weighted by Crippen LogP contribution is -2.26. The number of carboxylic acid groups (broad SMARTS) is 1. The minimum absolute atomic E-state index is 0.0449.